The van der Waals surface area contributed by atoms with Gasteiger partial charge in [0, 0.05) is 17.3 Å². The molecule has 2 aromatic carbocycles. The van der Waals surface area contributed by atoms with Crippen molar-refractivity contribution >= 4 is 17.2 Å². The highest BCUT2D eigenvalue weighted by Crippen LogP contribution is 2.23. The fourth-order valence-electron chi connectivity index (χ4n) is 2.94. The highest BCUT2D eigenvalue weighted by Gasteiger charge is 2.16. The highest BCUT2D eigenvalue weighted by molar-refractivity contribution is 5.94. The molecule has 0 spiro atoms. The van der Waals surface area contributed by atoms with Crippen LogP contribution < -0.4 is 14.8 Å². The van der Waals surface area contributed by atoms with Crippen molar-refractivity contribution in [2.24, 2.45) is 0 Å². The molecule has 8 heteroatoms. The van der Waals surface area contributed by atoms with E-state index < -0.39 is 6.10 Å². The van der Waals surface area contributed by atoms with E-state index in [1.165, 1.54) is 0 Å². The van der Waals surface area contributed by atoms with Crippen LogP contribution in [-0.2, 0) is 4.79 Å². The van der Waals surface area contributed by atoms with Crippen molar-refractivity contribution in [2.75, 3.05) is 11.9 Å². The Morgan fingerprint density at radius 1 is 1.10 bits per heavy atom. The molecule has 2 heterocycles. The Labute approximate surface area is 173 Å². The monoisotopic (exact) mass is 403 g/mol. The minimum Gasteiger partial charge on any atom is -0.494 e. The van der Waals surface area contributed by atoms with Crippen LogP contribution in [0.3, 0.4) is 0 Å². The third kappa shape index (κ3) is 4.38. The Morgan fingerprint density at radius 2 is 1.93 bits per heavy atom. The van der Waals surface area contributed by atoms with Gasteiger partial charge in [0.05, 0.1) is 12.3 Å². The summed E-state index contributed by atoms with van der Waals surface area (Å²) < 4.78 is 12.8. The minimum atomic E-state index is -0.683. The van der Waals surface area contributed by atoms with Gasteiger partial charge in [0.1, 0.15) is 17.8 Å². The third-order valence-corrected chi connectivity index (χ3v) is 4.39. The zero-order valence-electron chi connectivity index (χ0n) is 16.6. The van der Waals surface area contributed by atoms with Gasteiger partial charge in [-0.1, -0.05) is 18.2 Å². The first kappa shape index (κ1) is 19.4. The van der Waals surface area contributed by atoms with Gasteiger partial charge >= 0.3 is 0 Å². The largest absolute Gasteiger partial charge is 0.494 e. The molecule has 0 saturated carbocycles. The maximum absolute atomic E-state index is 12.6. The number of anilines is 1. The van der Waals surface area contributed by atoms with Crippen molar-refractivity contribution in [1.82, 2.24) is 19.8 Å². The Bertz CT molecular complexity index is 1170. The normalized spacial score (nSPS) is 11.8. The van der Waals surface area contributed by atoms with Gasteiger partial charge in [-0.15, -0.1) is 10.2 Å². The smallest absolute Gasteiger partial charge is 0.265 e. The minimum absolute atomic E-state index is 0.254. The second kappa shape index (κ2) is 8.60. The Balaban J connectivity index is 1.45. The fourth-order valence-corrected chi connectivity index (χ4v) is 2.94. The van der Waals surface area contributed by atoms with Crippen molar-refractivity contribution in [3.05, 3.63) is 67.0 Å². The summed E-state index contributed by atoms with van der Waals surface area (Å²) in [5.41, 5.74) is 2.93. The molecule has 0 aliphatic heterocycles. The van der Waals surface area contributed by atoms with Crippen LogP contribution in [0.15, 0.2) is 67.0 Å². The van der Waals surface area contributed by atoms with E-state index in [9.17, 15) is 4.79 Å². The van der Waals surface area contributed by atoms with E-state index in [1.54, 1.807) is 29.9 Å². The van der Waals surface area contributed by atoms with E-state index in [-0.39, 0.29) is 5.91 Å². The lowest BCUT2D eigenvalue weighted by Gasteiger charge is -2.16. The molecule has 30 heavy (non-hydrogen) atoms. The molecule has 4 aromatic rings. The van der Waals surface area contributed by atoms with Crippen molar-refractivity contribution in [1.29, 1.82) is 0 Å². The topological polar surface area (TPSA) is 90.6 Å². The first-order chi connectivity index (χ1) is 14.6. The molecule has 1 atom stereocenters. The lowest BCUT2D eigenvalue weighted by molar-refractivity contribution is -0.122. The molecule has 0 aliphatic rings. The van der Waals surface area contributed by atoms with Crippen LogP contribution in [0.25, 0.3) is 16.9 Å². The number of nitrogens with one attached hydrogen (secondary N) is 1. The van der Waals surface area contributed by atoms with E-state index in [0.29, 0.717) is 29.4 Å². The summed E-state index contributed by atoms with van der Waals surface area (Å²) in [6, 6.07) is 18.4. The number of carbonyl (C=O) groups is 1. The van der Waals surface area contributed by atoms with Gasteiger partial charge < -0.3 is 14.8 Å². The number of hydrogen-bond acceptors (Lipinski definition) is 6. The van der Waals surface area contributed by atoms with Gasteiger partial charge in [0.15, 0.2) is 11.8 Å². The van der Waals surface area contributed by atoms with Crippen molar-refractivity contribution in [2.45, 2.75) is 20.0 Å². The first-order valence-corrected chi connectivity index (χ1v) is 9.60. The van der Waals surface area contributed by atoms with Gasteiger partial charge in [-0.3, -0.25) is 4.79 Å². The van der Waals surface area contributed by atoms with Crippen LogP contribution >= 0.6 is 0 Å². The standard InChI is InChI=1S/C22H21N5O3/c1-3-29-18-8-5-9-19(13-18)30-15(2)22(28)24-17-7-4-6-16(12-17)20-10-11-21-25-23-14-27(21)26-20/h4-15H,3H2,1-2H3,(H,24,28). The molecule has 0 saturated heterocycles. The summed E-state index contributed by atoms with van der Waals surface area (Å²) in [5, 5.41) is 15.2. The van der Waals surface area contributed by atoms with E-state index >= 15 is 0 Å². The van der Waals surface area contributed by atoms with E-state index in [1.807, 2.05) is 55.5 Å². The maximum atomic E-state index is 12.6. The molecule has 4 rings (SSSR count). The van der Waals surface area contributed by atoms with E-state index in [0.717, 1.165) is 11.3 Å². The summed E-state index contributed by atoms with van der Waals surface area (Å²) in [6.07, 6.45) is 0.862. The summed E-state index contributed by atoms with van der Waals surface area (Å²) in [7, 11) is 0. The molecule has 0 fully saturated rings. The second-order valence-electron chi connectivity index (χ2n) is 6.59. The SMILES string of the molecule is CCOc1cccc(OC(C)C(=O)Nc2cccc(-c3ccc4nncn4n3)c2)c1. The lowest BCUT2D eigenvalue weighted by atomic mass is 10.1. The number of fused-ring (bicyclic) bond motifs is 1. The summed E-state index contributed by atoms with van der Waals surface area (Å²) in [5.74, 6) is 1.02. The van der Waals surface area contributed by atoms with Gasteiger partial charge in [-0.25, -0.2) is 0 Å². The summed E-state index contributed by atoms with van der Waals surface area (Å²) >= 11 is 0. The van der Waals surface area contributed by atoms with Crippen LogP contribution in [0.5, 0.6) is 11.5 Å². The number of nitrogens with zero attached hydrogens (tertiary/aromatic N) is 4. The molecule has 0 bridgehead atoms. The summed E-state index contributed by atoms with van der Waals surface area (Å²) in [6.45, 7) is 4.18. The second-order valence-corrected chi connectivity index (χ2v) is 6.59. The number of ether oxygens (including phenoxy) is 2. The van der Waals surface area contributed by atoms with Gasteiger partial charge in [0.25, 0.3) is 5.91 Å². The molecule has 0 aliphatic carbocycles. The zero-order chi connectivity index (χ0) is 20.9. The molecule has 1 N–H and O–H groups in total. The lowest BCUT2D eigenvalue weighted by Crippen LogP contribution is -2.30. The number of amides is 1. The predicted molar refractivity (Wildman–Crippen MR) is 113 cm³/mol. The molecule has 1 unspecified atom stereocenters. The summed E-state index contributed by atoms with van der Waals surface area (Å²) in [4.78, 5) is 12.6. The van der Waals surface area contributed by atoms with Crippen molar-refractivity contribution < 1.29 is 14.3 Å². The predicted octanol–water partition coefficient (Wildman–Crippen LogP) is 3.60. The van der Waals surface area contributed by atoms with E-state index in [2.05, 4.69) is 20.6 Å². The van der Waals surface area contributed by atoms with Crippen molar-refractivity contribution in [3.63, 3.8) is 0 Å². The number of aromatic nitrogens is 4. The van der Waals surface area contributed by atoms with Crippen LogP contribution in [0.1, 0.15) is 13.8 Å². The van der Waals surface area contributed by atoms with Crippen LogP contribution in [0.4, 0.5) is 5.69 Å². The molecule has 2 aromatic heterocycles. The van der Waals surface area contributed by atoms with Gasteiger partial charge in [-0.2, -0.15) is 9.61 Å². The molecule has 1 amide bonds. The van der Waals surface area contributed by atoms with E-state index in [4.69, 9.17) is 9.47 Å². The third-order valence-electron chi connectivity index (χ3n) is 4.39. The number of carbonyl (C=O) groups excluding carboxylic acids is 1. The Hall–Kier alpha value is -3.94. The van der Waals surface area contributed by atoms with Crippen molar-refractivity contribution in [3.8, 4) is 22.8 Å². The quantitative estimate of drug-likeness (QED) is 0.507. The molecular weight excluding hydrogens is 382 g/mol. The maximum Gasteiger partial charge on any atom is 0.265 e. The first-order valence-electron chi connectivity index (χ1n) is 9.60. The average Bonchev–Trinajstić information content (AvgIpc) is 3.22. The number of hydrogen-bond donors (Lipinski definition) is 1. The zero-order valence-corrected chi connectivity index (χ0v) is 16.6. The molecule has 0 radical (unpaired) electrons. The Morgan fingerprint density at radius 3 is 2.80 bits per heavy atom. The molecule has 152 valence electrons. The average molecular weight is 403 g/mol. The number of rotatable bonds is 7. The molecule has 8 nitrogen and oxygen atoms in total. The number of benzene rings is 2. The van der Waals surface area contributed by atoms with Crippen LogP contribution in [0, 0.1) is 0 Å². The Kier molecular flexibility index (Phi) is 5.56. The highest BCUT2D eigenvalue weighted by atomic mass is 16.5. The van der Waals surface area contributed by atoms with Gasteiger partial charge in [-0.05, 0) is 50.2 Å². The van der Waals surface area contributed by atoms with Crippen LogP contribution in [-0.4, -0.2) is 38.4 Å². The van der Waals surface area contributed by atoms with Gasteiger partial charge in [0.2, 0.25) is 0 Å². The van der Waals surface area contributed by atoms with Crippen LogP contribution in [0.2, 0.25) is 0 Å². The fraction of sp³-hybridized carbons (Fsp3) is 0.182. The molecular formula is C22H21N5O3.